The molecule has 0 saturated carbocycles. The molecule has 0 aliphatic rings. The Labute approximate surface area is 153 Å². The lowest BCUT2D eigenvalue weighted by molar-refractivity contribution is -0.143. The molecule has 0 fully saturated rings. The second-order valence-electron chi connectivity index (χ2n) is 6.06. The highest BCUT2D eigenvalue weighted by molar-refractivity contribution is 5.80. The zero-order chi connectivity index (χ0) is 18.5. The molecule has 1 aromatic heterocycles. The van der Waals surface area contributed by atoms with Crippen LogP contribution in [0.15, 0.2) is 42.5 Å². The molecule has 0 saturated heterocycles. The maximum absolute atomic E-state index is 11.2. The molecule has 2 aromatic carbocycles. The highest BCUT2D eigenvalue weighted by Gasteiger charge is 2.12. The second-order valence-corrected chi connectivity index (χ2v) is 6.06. The molecular formula is C21H24N2O3. The average molecular weight is 352 g/mol. The van der Waals surface area contributed by atoms with E-state index in [-0.39, 0.29) is 5.97 Å². The first-order valence-corrected chi connectivity index (χ1v) is 8.96. The molecule has 0 unspecified atom stereocenters. The number of hydrogen-bond acceptors (Lipinski definition) is 4. The van der Waals surface area contributed by atoms with Crippen molar-refractivity contribution >= 4 is 17.0 Å². The minimum atomic E-state index is -0.158. The Morgan fingerprint density at radius 2 is 1.88 bits per heavy atom. The topological polar surface area (TPSA) is 53.4 Å². The summed E-state index contributed by atoms with van der Waals surface area (Å²) in [6, 6.07) is 14.3. The SMILES string of the molecule is CCC(=O)OCCc1ccc(-n2c(CC)nc3cc(OC)ccc32)cc1. The first-order chi connectivity index (χ1) is 12.7. The summed E-state index contributed by atoms with van der Waals surface area (Å²) in [5, 5.41) is 0. The third kappa shape index (κ3) is 3.72. The minimum absolute atomic E-state index is 0.158. The maximum Gasteiger partial charge on any atom is 0.305 e. The Balaban J connectivity index is 1.85. The monoisotopic (exact) mass is 352 g/mol. The molecule has 3 aromatic rings. The van der Waals surface area contributed by atoms with Gasteiger partial charge in [0, 0.05) is 31.0 Å². The van der Waals surface area contributed by atoms with Gasteiger partial charge in [-0.05, 0) is 29.8 Å². The Morgan fingerprint density at radius 3 is 2.54 bits per heavy atom. The summed E-state index contributed by atoms with van der Waals surface area (Å²) in [4.78, 5) is 16.0. The van der Waals surface area contributed by atoms with E-state index < -0.39 is 0 Å². The number of fused-ring (bicyclic) bond motifs is 1. The fourth-order valence-electron chi connectivity index (χ4n) is 2.96. The molecule has 3 rings (SSSR count). The van der Waals surface area contributed by atoms with Crippen molar-refractivity contribution in [3.05, 3.63) is 53.9 Å². The predicted octanol–water partition coefficient (Wildman–Crippen LogP) is 4.09. The van der Waals surface area contributed by atoms with Gasteiger partial charge in [0.25, 0.3) is 0 Å². The first-order valence-electron chi connectivity index (χ1n) is 8.96. The van der Waals surface area contributed by atoms with Crippen LogP contribution < -0.4 is 4.74 Å². The fraction of sp³-hybridized carbons (Fsp3) is 0.333. The zero-order valence-corrected chi connectivity index (χ0v) is 15.5. The fourth-order valence-corrected chi connectivity index (χ4v) is 2.96. The van der Waals surface area contributed by atoms with Crippen LogP contribution >= 0.6 is 0 Å². The van der Waals surface area contributed by atoms with Crippen LogP contribution in [0.3, 0.4) is 0 Å². The maximum atomic E-state index is 11.2. The summed E-state index contributed by atoms with van der Waals surface area (Å²) in [6.07, 6.45) is 1.97. The van der Waals surface area contributed by atoms with E-state index in [2.05, 4.69) is 35.8 Å². The summed E-state index contributed by atoms with van der Waals surface area (Å²) >= 11 is 0. The second kappa shape index (κ2) is 8.04. The van der Waals surface area contributed by atoms with Gasteiger partial charge in [0.15, 0.2) is 0 Å². The normalized spacial score (nSPS) is 10.9. The molecule has 0 aliphatic heterocycles. The summed E-state index contributed by atoms with van der Waals surface area (Å²) in [5.41, 5.74) is 4.20. The minimum Gasteiger partial charge on any atom is -0.497 e. The van der Waals surface area contributed by atoms with Gasteiger partial charge < -0.3 is 9.47 Å². The van der Waals surface area contributed by atoms with Gasteiger partial charge in [-0.1, -0.05) is 26.0 Å². The Hall–Kier alpha value is -2.82. The van der Waals surface area contributed by atoms with E-state index in [0.29, 0.717) is 19.4 Å². The average Bonchev–Trinajstić information content (AvgIpc) is 3.06. The Bertz CT molecular complexity index is 898. The molecule has 136 valence electrons. The van der Waals surface area contributed by atoms with Crippen LogP contribution in [0, 0.1) is 0 Å². The van der Waals surface area contributed by atoms with E-state index >= 15 is 0 Å². The van der Waals surface area contributed by atoms with Crippen LogP contribution in [-0.4, -0.2) is 29.2 Å². The quantitative estimate of drug-likeness (QED) is 0.601. The summed E-state index contributed by atoms with van der Waals surface area (Å²) in [6.45, 7) is 4.32. The zero-order valence-electron chi connectivity index (χ0n) is 15.5. The van der Waals surface area contributed by atoms with Gasteiger partial charge in [-0.3, -0.25) is 9.36 Å². The van der Waals surface area contributed by atoms with Crippen molar-refractivity contribution in [1.29, 1.82) is 0 Å². The highest BCUT2D eigenvalue weighted by atomic mass is 16.5. The molecule has 0 amide bonds. The number of benzene rings is 2. The van der Waals surface area contributed by atoms with Crippen molar-refractivity contribution in [2.45, 2.75) is 33.1 Å². The number of rotatable bonds is 7. The predicted molar refractivity (Wildman–Crippen MR) is 102 cm³/mol. The van der Waals surface area contributed by atoms with Gasteiger partial charge >= 0.3 is 5.97 Å². The molecule has 0 N–H and O–H groups in total. The summed E-state index contributed by atoms with van der Waals surface area (Å²) in [7, 11) is 1.66. The van der Waals surface area contributed by atoms with Gasteiger partial charge in [-0.2, -0.15) is 0 Å². The molecule has 26 heavy (non-hydrogen) atoms. The van der Waals surface area contributed by atoms with Gasteiger partial charge in [-0.15, -0.1) is 0 Å². The molecule has 0 bridgehead atoms. The van der Waals surface area contributed by atoms with Crippen LogP contribution in [0.4, 0.5) is 0 Å². The van der Waals surface area contributed by atoms with Gasteiger partial charge in [0.05, 0.1) is 24.8 Å². The van der Waals surface area contributed by atoms with Gasteiger partial charge in [0.2, 0.25) is 0 Å². The van der Waals surface area contributed by atoms with Crippen molar-refractivity contribution in [3.8, 4) is 11.4 Å². The lowest BCUT2D eigenvalue weighted by Crippen LogP contribution is -2.06. The summed E-state index contributed by atoms with van der Waals surface area (Å²) < 4.78 is 12.6. The lowest BCUT2D eigenvalue weighted by atomic mass is 10.1. The number of nitrogens with zero attached hydrogens (tertiary/aromatic N) is 2. The smallest absolute Gasteiger partial charge is 0.305 e. The van der Waals surface area contributed by atoms with E-state index in [9.17, 15) is 4.79 Å². The van der Waals surface area contributed by atoms with Crippen LogP contribution in [-0.2, 0) is 22.4 Å². The van der Waals surface area contributed by atoms with Crippen LogP contribution in [0.25, 0.3) is 16.7 Å². The third-order valence-electron chi connectivity index (χ3n) is 4.38. The highest BCUT2D eigenvalue weighted by Crippen LogP contribution is 2.25. The van der Waals surface area contributed by atoms with Crippen molar-refractivity contribution in [2.75, 3.05) is 13.7 Å². The molecular weight excluding hydrogens is 328 g/mol. The van der Waals surface area contributed by atoms with Crippen molar-refractivity contribution in [1.82, 2.24) is 9.55 Å². The van der Waals surface area contributed by atoms with E-state index in [0.717, 1.165) is 40.3 Å². The van der Waals surface area contributed by atoms with E-state index in [1.165, 1.54) is 0 Å². The largest absolute Gasteiger partial charge is 0.497 e. The van der Waals surface area contributed by atoms with Crippen LogP contribution in [0.2, 0.25) is 0 Å². The van der Waals surface area contributed by atoms with Crippen LogP contribution in [0.1, 0.15) is 31.7 Å². The lowest BCUT2D eigenvalue weighted by Gasteiger charge is -2.10. The van der Waals surface area contributed by atoms with Crippen LogP contribution in [0.5, 0.6) is 5.75 Å². The van der Waals surface area contributed by atoms with E-state index in [4.69, 9.17) is 14.5 Å². The number of aryl methyl sites for hydroxylation is 1. The number of ether oxygens (including phenoxy) is 2. The van der Waals surface area contributed by atoms with Crippen molar-refractivity contribution < 1.29 is 14.3 Å². The molecule has 0 atom stereocenters. The van der Waals surface area contributed by atoms with Gasteiger partial charge in [-0.25, -0.2) is 4.98 Å². The van der Waals surface area contributed by atoms with Gasteiger partial charge in [0.1, 0.15) is 11.6 Å². The molecule has 5 heteroatoms. The molecule has 5 nitrogen and oxygen atoms in total. The Kier molecular flexibility index (Phi) is 5.56. The number of aromatic nitrogens is 2. The molecule has 0 aliphatic carbocycles. The van der Waals surface area contributed by atoms with Crippen molar-refractivity contribution in [3.63, 3.8) is 0 Å². The molecule has 0 spiro atoms. The summed E-state index contributed by atoms with van der Waals surface area (Å²) in [5.74, 6) is 1.66. The van der Waals surface area contributed by atoms with Crippen molar-refractivity contribution in [2.24, 2.45) is 0 Å². The number of hydrogen-bond donors (Lipinski definition) is 0. The standard InChI is InChI=1S/C21H24N2O3/c1-4-20-22-18-14-17(25-3)10-11-19(18)23(20)16-8-6-15(7-9-16)12-13-26-21(24)5-2/h6-11,14H,4-5,12-13H2,1-3H3. The molecule has 1 heterocycles. The number of carbonyl (C=O) groups is 1. The first kappa shape index (κ1) is 18.0. The Morgan fingerprint density at radius 1 is 1.12 bits per heavy atom. The molecule has 0 radical (unpaired) electrons. The van der Waals surface area contributed by atoms with E-state index in [1.807, 2.05) is 18.2 Å². The number of methoxy groups -OCH3 is 1. The number of carbonyl (C=O) groups excluding carboxylic acids is 1. The number of esters is 1. The third-order valence-corrected chi connectivity index (χ3v) is 4.38. The number of imidazole rings is 1. The van der Waals surface area contributed by atoms with E-state index in [1.54, 1.807) is 14.0 Å².